The van der Waals surface area contributed by atoms with Crippen molar-refractivity contribution in [3.8, 4) is 0 Å². The summed E-state index contributed by atoms with van der Waals surface area (Å²) >= 11 is 0. The number of benzene rings is 1. The second-order valence-corrected chi connectivity index (χ2v) is 9.11. The summed E-state index contributed by atoms with van der Waals surface area (Å²) in [4.78, 5) is 7.18. The van der Waals surface area contributed by atoms with Gasteiger partial charge in [0, 0.05) is 32.7 Å². The third kappa shape index (κ3) is 7.14. The highest BCUT2D eigenvalue weighted by Gasteiger charge is 2.20. The van der Waals surface area contributed by atoms with Gasteiger partial charge in [0.15, 0.2) is 15.8 Å². The largest absolute Gasteiger partial charge is 0.356 e. The summed E-state index contributed by atoms with van der Waals surface area (Å²) in [5, 5.41) is 6.55. The SMILES string of the molecule is CCC1CCCCN1CCNC(=NC)NCCCS(=O)(=O)c1ccccc1. The molecule has 0 aliphatic carbocycles. The molecule has 7 heteroatoms. The van der Waals surface area contributed by atoms with Crippen molar-refractivity contribution < 1.29 is 8.42 Å². The molecule has 0 amide bonds. The van der Waals surface area contributed by atoms with Gasteiger partial charge in [0.05, 0.1) is 10.6 Å². The van der Waals surface area contributed by atoms with Gasteiger partial charge in [-0.3, -0.25) is 9.89 Å². The Balaban J connectivity index is 1.67. The fourth-order valence-electron chi connectivity index (χ4n) is 3.57. The van der Waals surface area contributed by atoms with Crippen molar-refractivity contribution in [2.45, 2.75) is 50.0 Å². The van der Waals surface area contributed by atoms with E-state index in [1.54, 1.807) is 31.3 Å². The molecule has 1 aliphatic heterocycles. The Morgan fingerprint density at radius 1 is 1.19 bits per heavy atom. The normalized spacial score (nSPS) is 19.0. The highest BCUT2D eigenvalue weighted by molar-refractivity contribution is 7.91. The molecule has 0 saturated carbocycles. The summed E-state index contributed by atoms with van der Waals surface area (Å²) < 4.78 is 24.5. The average molecular weight is 395 g/mol. The molecule has 152 valence electrons. The zero-order valence-electron chi connectivity index (χ0n) is 16.7. The molecule has 0 radical (unpaired) electrons. The number of rotatable bonds is 9. The summed E-state index contributed by atoms with van der Waals surface area (Å²) in [6.07, 6.45) is 5.70. The van der Waals surface area contributed by atoms with Crippen LogP contribution in [0.1, 0.15) is 39.0 Å². The Hall–Kier alpha value is -1.60. The Morgan fingerprint density at radius 3 is 2.63 bits per heavy atom. The first-order chi connectivity index (χ1) is 13.1. The molecule has 6 nitrogen and oxygen atoms in total. The molecule has 1 fully saturated rings. The van der Waals surface area contributed by atoms with Crippen LogP contribution in [0, 0.1) is 0 Å². The summed E-state index contributed by atoms with van der Waals surface area (Å²) in [6.45, 7) is 5.89. The first-order valence-corrected chi connectivity index (χ1v) is 11.7. The van der Waals surface area contributed by atoms with Gasteiger partial charge in [0.1, 0.15) is 0 Å². The van der Waals surface area contributed by atoms with E-state index in [-0.39, 0.29) is 5.75 Å². The van der Waals surface area contributed by atoms with E-state index in [1.807, 2.05) is 6.07 Å². The molecule has 2 rings (SSSR count). The minimum Gasteiger partial charge on any atom is -0.356 e. The van der Waals surface area contributed by atoms with Crippen molar-refractivity contribution in [3.05, 3.63) is 30.3 Å². The number of hydrogen-bond donors (Lipinski definition) is 2. The molecule has 27 heavy (non-hydrogen) atoms. The zero-order valence-corrected chi connectivity index (χ0v) is 17.5. The lowest BCUT2D eigenvalue weighted by Crippen LogP contribution is -2.46. The van der Waals surface area contributed by atoms with E-state index in [4.69, 9.17) is 0 Å². The first kappa shape index (κ1) is 21.7. The highest BCUT2D eigenvalue weighted by Crippen LogP contribution is 2.18. The van der Waals surface area contributed by atoms with Gasteiger partial charge in [-0.15, -0.1) is 0 Å². The number of nitrogens with zero attached hydrogens (tertiary/aromatic N) is 2. The highest BCUT2D eigenvalue weighted by atomic mass is 32.2. The molecule has 1 heterocycles. The Bertz CT molecular complexity index is 676. The lowest BCUT2D eigenvalue weighted by atomic mass is 10.0. The topological polar surface area (TPSA) is 73.8 Å². The van der Waals surface area contributed by atoms with Gasteiger partial charge in [-0.2, -0.15) is 0 Å². The van der Waals surface area contributed by atoms with Gasteiger partial charge in [-0.1, -0.05) is 31.5 Å². The van der Waals surface area contributed by atoms with E-state index >= 15 is 0 Å². The molecule has 0 aromatic heterocycles. The first-order valence-electron chi connectivity index (χ1n) is 10.0. The van der Waals surface area contributed by atoms with E-state index < -0.39 is 9.84 Å². The van der Waals surface area contributed by atoms with Gasteiger partial charge >= 0.3 is 0 Å². The third-order valence-corrected chi connectivity index (χ3v) is 6.94. The monoisotopic (exact) mass is 394 g/mol. The lowest BCUT2D eigenvalue weighted by molar-refractivity contribution is 0.147. The third-order valence-electron chi connectivity index (χ3n) is 5.12. The van der Waals surface area contributed by atoms with E-state index in [2.05, 4.69) is 27.4 Å². The molecule has 2 N–H and O–H groups in total. The molecule has 0 spiro atoms. The van der Waals surface area contributed by atoms with Crippen LogP contribution in [0.15, 0.2) is 40.2 Å². The molecular formula is C20H34N4O2S. The average Bonchev–Trinajstić information content (AvgIpc) is 2.70. The Morgan fingerprint density at radius 2 is 1.93 bits per heavy atom. The molecule has 1 saturated heterocycles. The molecule has 1 atom stereocenters. The van der Waals surface area contributed by atoms with Gasteiger partial charge < -0.3 is 10.6 Å². The van der Waals surface area contributed by atoms with Crippen LogP contribution in [0.2, 0.25) is 0 Å². The lowest BCUT2D eigenvalue weighted by Gasteiger charge is -2.35. The fourth-order valence-corrected chi connectivity index (χ4v) is 4.90. The van der Waals surface area contributed by atoms with Crippen molar-refractivity contribution in [1.29, 1.82) is 0 Å². The Labute approximate surface area is 164 Å². The van der Waals surface area contributed by atoms with Crippen molar-refractivity contribution in [1.82, 2.24) is 15.5 Å². The van der Waals surface area contributed by atoms with Crippen molar-refractivity contribution in [3.63, 3.8) is 0 Å². The number of sulfone groups is 1. The van der Waals surface area contributed by atoms with Gasteiger partial charge in [0.2, 0.25) is 0 Å². The van der Waals surface area contributed by atoms with E-state index in [1.165, 1.54) is 32.2 Å². The van der Waals surface area contributed by atoms with Crippen LogP contribution in [0.25, 0.3) is 0 Å². The smallest absolute Gasteiger partial charge is 0.191 e. The summed E-state index contributed by atoms with van der Waals surface area (Å²) in [5.74, 6) is 0.865. The van der Waals surface area contributed by atoms with E-state index in [0.29, 0.717) is 23.9 Å². The van der Waals surface area contributed by atoms with Gasteiger partial charge in [-0.25, -0.2) is 8.42 Å². The number of hydrogen-bond acceptors (Lipinski definition) is 4. The predicted molar refractivity (Wildman–Crippen MR) is 112 cm³/mol. The maximum absolute atomic E-state index is 12.3. The second kappa shape index (κ2) is 11.3. The maximum atomic E-state index is 12.3. The quantitative estimate of drug-likeness (QED) is 0.382. The fraction of sp³-hybridized carbons (Fsp3) is 0.650. The molecule has 1 aromatic carbocycles. The van der Waals surface area contributed by atoms with Crippen LogP contribution in [0.4, 0.5) is 0 Å². The minimum absolute atomic E-state index is 0.132. The van der Waals surface area contributed by atoms with Crippen molar-refractivity contribution in [2.75, 3.05) is 39.0 Å². The van der Waals surface area contributed by atoms with Gasteiger partial charge in [0.25, 0.3) is 0 Å². The molecule has 0 bridgehead atoms. The number of guanidine groups is 1. The summed E-state index contributed by atoms with van der Waals surface area (Å²) in [6, 6.07) is 9.33. The van der Waals surface area contributed by atoms with Crippen LogP contribution in [0.5, 0.6) is 0 Å². The summed E-state index contributed by atoms with van der Waals surface area (Å²) in [7, 11) is -1.47. The predicted octanol–water partition coefficient (Wildman–Crippen LogP) is 2.28. The molecular weight excluding hydrogens is 360 g/mol. The standard InChI is InChI=1S/C20H34N4O2S/c1-3-18-10-7-8-15-24(18)16-14-23-20(21-2)22-13-9-17-27(25,26)19-11-5-4-6-12-19/h4-6,11-12,18H,3,7-10,13-17H2,1-2H3,(H2,21,22,23). The minimum atomic E-state index is -3.21. The summed E-state index contributed by atoms with van der Waals surface area (Å²) in [5.41, 5.74) is 0. The number of nitrogens with one attached hydrogen (secondary N) is 2. The van der Waals surface area contributed by atoms with Crippen LogP contribution >= 0.6 is 0 Å². The molecule has 1 aliphatic rings. The van der Waals surface area contributed by atoms with Crippen LogP contribution < -0.4 is 10.6 Å². The van der Waals surface area contributed by atoms with Crippen LogP contribution in [-0.4, -0.2) is 64.3 Å². The van der Waals surface area contributed by atoms with Crippen molar-refractivity contribution >= 4 is 15.8 Å². The van der Waals surface area contributed by atoms with E-state index in [9.17, 15) is 8.42 Å². The molecule has 1 unspecified atom stereocenters. The van der Waals surface area contributed by atoms with E-state index in [0.717, 1.165) is 19.0 Å². The molecule has 1 aromatic rings. The number of aliphatic imine (C=N–C) groups is 1. The Kier molecular flexibility index (Phi) is 9.07. The van der Waals surface area contributed by atoms with Gasteiger partial charge in [-0.05, 0) is 44.4 Å². The van der Waals surface area contributed by atoms with Crippen molar-refractivity contribution in [2.24, 2.45) is 4.99 Å². The number of likely N-dealkylation sites (tertiary alicyclic amines) is 1. The number of piperidine rings is 1. The van der Waals surface area contributed by atoms with Crippen LogP contribution in [0.3, 0.4) is 0 Å². The zero-order chi connectivity index (χ0) is 19.5. The maximum Gasteiger partial charge on any atom is 0.191 e. The van der Waals surface area contributed by atoms with Crippen LogP contribution in [-0.2, 0) is 9.84 Å². The second-order valence-electron chi connectivity index (χ2n) is 7.01.